The number of unbranched alkanes of at least 4 members (excludes halogenated alkanes) is 13. The lowest BCUT2D eigenvalue weighted by atomic mass is 10.0. The topological polar surface area (TPSA) is 55.3 Å². The average molecular weight is 370 g/mol. The molecule has 3 nitrogen and oxygen atoms in total. The van der Waals surface area contributed by atoms with Crippen LogP contribution in [0.4, 0.5) is 0 Å². The molecule has 0 aliphatic rings. The number of hydrogen-bond donors (Lipinski definition) is 2. The van der Waals surface area contributed by atoms with Crippen molar-refractivity contribution in [3.8, 4) is 0 Å². The number of rotatable bonds is 20. The molecule has 0 fully saturated rings. The molecule has 0 spiro atoms. The van der Waals surface area contributed by atoms with E-state index >= 15 is 0 Å². The normalized spacial score (nSPS) is 14.1. The fourth-order valence-corrected chi connectivity index (χ4v) is 3.96. The van der Waals surface area contributed by atoms with Gasteiger partial charge in [0.15, 0.2) is 0 Å². The number of nitrogens with zero attached hydrogens (tertiary/aromatic N) is 1. The van der Waals surface area contributed by atoms with E-state index in [0.29, 0.717) is 6.04 Å². The molecule has 2 unspecified atom stereocenters. The van der Waals surface area contributed by atoms with Crippen LogP contribution in [-0.2, 0) is 0 Å². The van der Waals surface area contributed by atoms with Gasteiger partial charge < -0.3 is 16.4 Å². The highest BCUT2D eigenvalue weighted by Crippen LogP contribution is 2.15. The monoisotopic (exact) mass is 369 g/mol. The molecule has 0 aromatic carbocycles. The van der Waals surface area contributed by atoms with Crippen molar-refractivity contribution in [2.75, 3.05) is 20.1 Å². The predicted octanol–water partition coefficient (Wildman–Crippen LogP) is 5.85. The van der Waals surface area contributed by atoms with Gasteiger partial charge in [-0.3, -0.25) is 0 Å². The molecule has 3 heteroatoms. The van der Waals surface area contributed by atoms with E-state index in [2.05, 4.69) is 25.8 Å². The zero-order chi connectivity index (χ0) is 19.5. The van der Waals surface area contributed by atoms with E-state index in [-0.39, 0.29) is 6.04 Å². The highest BCUT2D eigenvalue weighted by molar-refractivity contribution is 4.72. The Morgan fingerprint density at radius 1 is 0.692 bits per heavy atom. The van der Waals surface area contributed by atoms with Crippen molar-refractivity contribution < 1.29 is 0 Å². The summed E-state index contributed by atoms with van der Waals surface area (Å²) in [6, 6.07) is 0.861. The molecule has 4 N–H and O–H groups in total. The highest BCUT2D eigenvalue weighted by Gasteiger charge is 2.14. The molecule has 0 saturated carbocycles. The lowest BCUT2D eigenvalue weighted by Gasteiger charge is -2.29. The largest absolute Gasteiger partial charge is 0.330 e. The second-order valence-corrected chi connectivity index (χ2v) is 8.53. The summed E-state index contributed by atoms with van der Waals surface area (Å²) in [7, 11) is 2.20. The maximum atomic E-state index is 5.93. The van der Waals surface area contributed by atoms with Gasteiger partial charge in [0.1, 0.15) is 0 Å². The molecule has 0 aliphatic carbocycles. The van der Waals surface area contributed by atoms with Gasteiger partial charge in [-0.15, -0.1) is 0 Å². The predicted molar refractivity (Wildman–Crippen MR) is 119 cm³/mol. The van der Waals surface area contributed by atoms with Crippen LogP contribution in [0.1, 0.15) is 117 Å². The number of hydrogen-bond acceptors (Lipinski definition) is 3. The Bertz CT molecular complexity index is 268. The van der Waals surface area contributed by atoms with Crippen molar-refractivity contribution >= 4 is 0 Å². The summed E-state index contributed by atoms with van der Waals surface area (Å²) in [6.07, 6.45) is 22.3. The molecule has 2 atom stereocenters. The Labute approximate surface area is 165 Å². The zero-order valence-electron chi connectivity index (χ0n) is 18.5. The van der Waals surface area contributed by atoms with Gasteiger partial charge in [-0.25, -0.2) is 0 Å². The van der Waals surface area contributed by atoms with Crippen LogP contribution in [0.3, 0.4) is 0 Å². The summed E-state index contributed by atoms with van der Waals surface area (Å²) in [5, 5.41) is 0. The fraction of sp³-hybridized carbons (Fsp3) is 1.00. The van der Waals surface area contributed by atoms with Crippen LogP contribution in [0.2, 0.25) is 0 Å². The van der Waals surface area contributed by atoms with Crippen molar-refractivity contribution in [2.24, 2.45) is 11.5 Å². The summed E-state index contributed by atoms with van der Waals surface area (Å²) in [5.74, 6) is 0. The molecule has 158 valence electrons. The minimum atomic E-state index is 0.247. The van der Waals surface area contributed by atoms with Gasteiger partial charge in [0.05, 0.1) is 0 Å². The molecule has 0 saturated heterocycles. The lowest BCUT2D eigenvalue weighted by molar-refractivity contribution is 0.207. The van der Waals surface area contributed by atoms with E-state index in [0.717, 1.165) is 19.5 Å². The first-order valence-electron chi connectivity index (χ1n) is 11.8. The molecule has 0 radical (unpaired) electrons. The van der Waals surface area contributed by atoms with E-state index in [1.165, 1.54) is 96.3 Å². The van der Waals surface area contributed by atoms with Gasteiger partial charge in [0.2, 0.25) is 0 Å². The first kappa shape index (κ1) is 25.9. The number of likely N-dealkylation sites (N-methyl/N-ethyl adjacent to an activating group) is 1. The van der Waals surface area contributed by atoms with Crippen molar-refractivity contribution in [2.45, 2.75) is 129 Å². The van der Waals surface area contributed by atoms with Crippen LogP contribution >= 0.6 is 0 Å². The van der Waals surface area contributed by atoms with Crippen LogP contribution in [0.25, 0.3) is 0 Å². The molecular weight excluding hydrogens is 318 g/mol. The number of nitrogens with two attached hydrogens (primary N) is 2. The summed E-state index contributed by atoms with van der Waals surface area (Å²) in [6.45, 7) is 6.14. The first-order valence-corrected chi connectivity index (χ1v) is 11.8. The lowest BCUT2D eigenvalue weighted by Crippen LogP contribution is -2.40. The van der Waals surface area contributed by atoms with E-state index in [1.54, 1.807) is 0 Å². The summed E-state index contributed by atoms with van der Waals surface area (Å²) >= 11 is 0. The molecule has 0 bridgehead atoms. The van der Waals surface area contributed by atoms with Gasteiger partial charge >= 0.3 is 0 Å². The summed E-state index contributed by atoms with van der Waals surface area (Å²) < 4.78 is 0. The maximum Gasteiger partial charge on any atom is 0.0139 e. The van der Waals surface area contributed by atoms with E-state index in [9.17, 15) is 0 Å². The smallest absolute Gasteiger partial charge is 0.0139 e. The van der Waals surface area contributed by atoms with E-state index < -0.39 is 0 Å². The van der Waals surface area contributed by atoms with Crippen LogP contribution in [-0.4, -0.2) is 37.1 Å². The molecule has 0 amide bonds. The van der Waals surface area contributed by atoms with E-state index in [1.807, 2.05) is 0 Å². The van der Waals surface area contributed by atoms with Crippen molar-refractivity contribution in [3.05, 3.63) is 0 Å². The van der Waals surface area contributed by atoms with Crippen LogP contribution < -0.4 is 11.5 Å². The quantitative estimate of drug-likeness (QED) is 0.264. The molecule has 0 aromatic rings. The van der Waals surface area contributed by atoms with Gasteiger partial charge in [0.25, 0.3) is 0 Å². The van der Waals surface area contributed by atoms with Gasteiger partial charge in [0, 0.05) is 18.6 Å². The summed E-state index contributed by atoms with van der Waals surface area (Å²) in [5.41, 5.74) is 11.7. The average Bonchev–Trinajstić information content (AvgIpc) is 2.60. The van der Waals surface area contributed by atoms with Crippen LogP contribution in [0.5, 0.6) is 0 Å². The Kier molecular flexibility index (Phi) is 19.5. The van der Waals surface area contributed by atoms with Gasteiger partial charge in [-0.2, -0.15) is 0 Å². The second kappa shape index (κ2) is 19.6. The van der Waals surface area contributed by atoms with Crippen LogP contribution in [0, 0.1) is 0 Å². The Balaban J connectivity index is 3.42. The fourth-order valence-electron chi connectivity index (χ4n) is 3.96. The Hall–Kier alpha value is -0.120. The van der Waals surface area contributed by atoms with Crippen molar-refractivity contribution in [1.82, 2.24) is 4.90 Å². The second-order valence-electron chi connectivity index (χ2n) is 8.53. The Morgan fingerprint density at radius 3 is 1.50 bits per heavy atom. The third kappa shape index (κ3) is 17.3. The van der Waals surface area contributed by atoms with Crippen molar-refractivity contribution in [1.29, 1.82) is 0 Å². The standard InChI is InChI=1S/C23H51N3/c1-4-5-6-7-8-9-10-11-12-13-14-15-16-17-18-23(19-20-24)26(3)21-22(2)25/h22-23H,4-21,24-25H2,1-3H3. The van der Waals surface area contributed by atoms with Gasteiger partial charge in [-0.1, -0.05) is 96.8 Å². The summed E-state index contributed by atoms with van der Waals surface area (Å²) in [4.78, 5) is 2.42. The minimum Gasteiger partial charge on any atom is -0.330 e. The highest BCUT2D eigenvalue weighted by atomic mass is 15.1. The molecular formula is C23H51N3. The molecule has 0 aromatic heterocycles. The Morgan fingerprint density at radius 2 is 1.12 bits per heavy atom. The first-order chi connectivity index (χ1) is 12.6. The maximum absolute atomic E-state index is 5.93. The van der Waals surface area contributed by atoms with Gasteiger partial charge in [-0.05, 0) is 33.4 Å². The third-order valence-electron chi connectivity index (χ3n) is 5.59. The van der Waals surface area contributed by atoms with Crippen LogP contribution in [0.15, 0.2) is 0 Å². The molecule has 0 aliphatic heterocycles. The SMILES string of the molecule is CCCCCCCCCCCCCCCCC(CCN)N(C)CC(C)N. The zero-order valence-corrected chi connectivity index (χ0v) is 18.5. The molecule has 0 heterocycles. The minimum absolute atomic E-state index is 0.247. The third-order valence-corrected chi connectivity index (χ3v) is 5.59. The molecule has 0 rings (SSSR count). The van der Waals surface area contributed by atoms with E-state index in [4.69, 9.17) is 11.5 Å². The molecule has 26 heavy (non-hydrogen) atoms. The van der Waals surface area contributed by atoms with Crippen molar-refractivity contribution in [3.63, 3.8) is 0 Å².